The highest BCUT2D eigenvalue weighted by Crippen LogP contribution is 2.25. The van der Waals surface area contributed by atoms with Crippen LogP contribution in [0.3, 0.4) is 0 Å². The molecule has 0 aromatic carbocycles. The Morgan fingerprint density at radius 2 is 2.08 bits per heavy atom. The van der Waals surface area contributed by atoms with Crippen LogP contribution in [0.5, 0.6) is 0 Å². The van der Waals surface area contributed by atoms with Gasteiger partial charge in [-0.3, -0.25) is 0 Å². The van der Waals surface area contributed by atoms with Crippen LogP contribution in [-0.4, -0.2) is 0 Å². The van der Waals surface area contributed by atoms with Crippen molar-refractivity contribution >= 4 is 0 Å². The fourth-order valence-corrected chi connectivity index (χ4v) is 1.70. The van der Waals surface area contributed by atoms with Crippen LogP contribution in [0.25, 0.3) is 0 Å². The molecule has 0 spiro atoms. The average molecular weight is 166 g/mol. The van der Waals surface area contributed by atoms with E-state index in [4.69, 9.17) is 4.42 Å². The van der Waals surface area contributed by atoms with Crippen LogP contribution in [-0.2, 0) is 6.42 Å². The van der Waals surface area contributed by atoms with E-state index in [1.54, 1.807) is 0 Å². The molecule has 0 amide bonds. The Morgan fingerprint density at radius 1 is 1.42 bits per heavy atom. The smallest absolute Gasteiger partial charge is 0.107 e. The lowest BCUT2D eigenvalue weighted by atomic mass is 9.98. The lowest BCUT2D eigenvalue weighted by molar-refractivity contribution is 0.498. The normalized spacial score (nSPS) is 11.1. The number of aryl methyl sites for hydroxylation is 2. The van der Waals surface area contributed by atoms with E-state index in [1.165, 1.54) is 16.9 Å². The van der Waals surface area contributed by atoms with E-state index in [2.05, 4.69) is 27.7 Å². The van der Waals surface area contributed by atoms with Crippen molar-refractivity contribution in [1.82, 2.24) is 0 Å². The molecule has 1 heterocycles. The molecule has 0 saturated carbocycles. The van der Waals surface area contributed by atoms with Gasteiger partial charge in [-0.2, -0.15) is 0 Å². The predicted molar refractivity (Wildman–Crippen MR) is 51.5 cm³/mol. The Balaban J connectivity index is 2.95. The molecule has 0 aliphatic rings. The molecule has 1 aromatic rings. The molecule has 1 nitrogen and oxygen atoms in total. The van der Waals surface area contributed by atoms with Crippen molar-refractivity contribution in [1.29, 1.82) is 0 Å². The van der Waals surface area contributed by atoms with Crippen LogP contribution >= 0.6 is 0 Å². The van der Waals surface area contributed by atoms with Gasteiger partial charge in [0.05, 0.1) is 6.26 Å². The third-order valence-corrected chi connectivity index (χ3v) is 2.16. The molecule has 0 bridgehead atoms. The first-order chi connectivity index (χ1) is 5.66. The summed E-state index contributed by atoms with van der Waals surface area (Å²) in [5, 5.41) is 0. The molecule has 0 aliphatic carbocycles. The molecular formula is C11H18O. The minimum Gasteiger partial charge on any atom is -0.469 e. The minimum atomic E-state index is 0.588. The van der Waals surface area contributed by atoms with E-state index in [-0.39, 0.29) is 0 Å². The van der Waals surface area contributed by atoms with Crippen molar-refractivity contribution in [2.75, 3.05) is 0 Å². The minimum absolute atomic E-state index is 0.588. The summed E-state index contributed by atoms with van der Waals surface area (Å²) in [7, 11) is 0. The molecule has 12 heavy (non-hydrogen) atoms. The molecule has 1 heteroatoms. The van der Waals surface area contributed by atoms with E-state index in [0.717, 1.165) is 12.8 Å². The summed E-state index contributed by atoms with van der Waals surface area (Å²) in [6, 6.07) is 0. The fourth-order valence-electron chi connectivity index (χ4n) is 1.70. The van der Waals surface area contributed by atoms with E-state index < -0.39 is 0 Å². The lowest BCUT2D eigenvalue weighted by Crippen LogP contribution is -1.93. The third kappa shape index (κ3) is 1.71. The highest BCUT2D eigenvalue weighted by molar-refractivity contribution is 5.29. The van der Waals surface area contributed by atoms with E-state index in [0.29, 0.717) is 5.92 Å². The van der Waals surface area contributed by atoms with Crippen LogP contribution in [0, 0.1) is 6.92 Å². The van der Waals surface area contributed by atoms with Crippen LogP contribution in [0.1, 0.15) is 50.0 Å². The quantitative estimate of drug-likeness (QED) is 0.667. The summed E-state index contributed by atoms with van der Waals surface area (Å²) in [5.74, 6) is 1.77. The van der Waals surface area contributed by atoms with Crippen LogP contribution in [0.15, 0.2) is 10.7 Å². The first-order valence-electron chi connectivity index (χ1n) is 4.73. The zero-order valence-corrected chi connectivity index (χ0v) is 8.48. The summed E-state index contributed by atoms with van der Waals surface area (Å²) in [4.78, 5) is 0. The molecule has 0 aliphatic heterocycles. The fraction of sp³-hybridized carbons (Fsp3) is 0.636. The second kappa shape index (κ2) is 3.79. The van der Waals surface area contributed by atoms with Gasteiger partial charge in [0.2, 0.25) is 0 Å². The maximum absolute atomic E-state index is 5.50. The zero-order chi connectivity index (χ0) is 9.14. The monoisotopic (exact) mass is 166 g/mol. The van der Waals surface area contributed by atoms with Gasteiger partial charge in [-0.05, 0) is 30.4 Å². The molecule has 0 radical (unpaired) electrons. The van der Waals surface area contributed by atoms with E-state index in [1.807, 2.05) is 6.26 Å². The molecule has 0 saturated heterocycles. The Kier molecular flexibility index (Phi) is 2.96. The van der Waals surface area contributed by atoms with Gasteiger partial charge in [0.25, 0.3) is 0 Å². The molecule has 0 N–H and O–H groups in total. The predicted octanol–water partition coefficient (Wildman–Crippen LogP) is 3.66. The second-order valence-electron chi connectivity index (χ2n) is 3.66. The van der Waals surface area contributed by atoms with Gasteiger partial charge < -0.3 is 4.42 Å². The summed E-state index contributed by atoms with van der Waals surface area (Å²) in [5.41, 5.74) is 2.71. The number of rotatable bonds is 3. The summed E-state index contributed by atoms with van der Waals surface area (Å²) in [6.45, 7) is 8.74. The van der Waals surface area contributed by atoms with Gasteiger partial charge in [0, 0.05) is 6.42 Å². The van der Waals surface area contributed by atoms with Gasteiger partial charge >= 0.3 is 0 Å². The highest BCUT2D eigenvalue weighted by atomic mass is 16.3. The Labute approximate surface area is 74.8 Å². The number of hydrogen-bond acceptors (Lipinski definition) is 1. The molecule has 0 unspecified atom stereocenters. The standard InChI is InChI=1S/C11H18O/c1-5-6-10-11(8(2)3)9(4)7-12-10/h7-8H,5-6H2,1-4H3. The van der Waals surface area contributed by atoms with Crippen molar-refractivity contribution in [2.24, 2.45) is 0 Å². The van der Waals surface area contributed by atoms with Crippen molar-refractivity contribution in [3.63, 3.8) is 0 Å². The molecule has 0 atom stereocenters. The SMILES string of the molecule is CCCc1occ(C)c1C(C)C. The topological polar surface area (TPSA) is 13.1 Å². The maximum Gasteiger partial charge on any atom is 0.107 e. The lowest BCUT2D eigenvalue weighted by Gasteiger charge is -2.05. The summed E-state index contributed by atoms with van der Waals surface area (Å²) < 4.78 is 5.50. The Hall–Kier alpha value is -0.720. The molecule has 1 rings (SSSR count). The van der Waals surface area contributed by atoms with Crippen molar-refractivity contribution in [2.45, 2.75) is 46.5 Å². The number of hydrogen-bond donors (Lipinski definition) is 0. The third-order valence-electron chi connectivity index (χ3n) is 2.16. The van der Waals surface area contributed by atoms with Gasteiger partial charge in [0.1, 0.15) is 5.76 Å². The Morgan fingerprint density at radius 3 is 2.58 bits per heavy atom. The van der Waals surface area contributed by atoms with Crippen molar-refractivity contribution < 1.29 is 4.42 Å². The number of furan rings is 1. The largest absolute Gasteiger partial charge is 0.469 e. The first kappa shape index (κ1) is 9.37. The molecule has 68 valence electrons. The van der Waals surface area contributed by atoms with Crippen molar-refractivity contribution in [3.05, 3.63) is 23.2 Å². The van der Waals surface area contributed by atoms with Gasteiger partial charge in [0.15, 0.2) is 0 Å². The summed E-state index contributed by atoms with van der Waals surface area (Å²) >= 11 is 0. The molecular weight excluding hydrogens is 148 g/mol. The van der Waals surface area contributed by atoms with Gasteiger partial charge in [-0.15, -0.1) is 0 Å². The van der Waals surface area contributed by atoms with Gasteiger partial charge in [-0.1, -0.05) is 20.8 Å². The van der Waals surface area contributed by atoms with Crippen molar-refractivity contribution in [3.8, 4) is 0 Å². The molecule has 0 fully saturated rings. The van der Waals surface area contributed by atoms with E-state index >= 15 is 0 Å². The Bertz CT molecular complexity index is 246. The van der Waals surface area contributed by atoms with Crippen LogP contribution in [0.4, 0.5) is 0 Å². The maximum atomic E-state index is 5.50. The summed E-state index contributed by atoms with van der Waals surface area (Å²) in [6.07, 6.45) is 4.11. The zero-order valence-electron chi connectivity index (χ0n) is 8.48. The van der Waals surface area contributed by atoms with Crippen LogP contribution < -0.4 is 0 Å². The van der Waals surface area contributed by atoms with Crippen LogP contribution in [0.2, 0.25) is 0 Å². The highest BCUT2D eigenvalue weighted by Gasteiger charge is 2.12. The van der Waals surface area contributed by atoms with Gasteiger partial charge in [-0.25, -0.2) is 0 Å². The second-order valence-corrected chi connectivity index (χ2v) is 3.66. The molecule has 1 aromatic heterocycles. The first-order valence-corrected chi connectivity index (χ1v) is 4.73. The average Bonchev–Trinajstić information content (AvgIpc) is 2.32. The van der Waals surface area contributed by atoms with E-state index in [9.17, 15) is 0 Å².